The van der Waals surface area contributed by atoms with Crippen molar-refractivity contribution >= 4 is 50.0 Å². The summed E-state index contributed by atoms with van der Waals surface area (Å²) in [7, 11) is 3.50. The predicted octanol–water partition coefficient (Wildman–Crippen LogP) is 2.92. The van der Waals surface area contributed by atoms with Crippen LogP contribution in [0.2, 0.25) is 0 Å². The van der Waals surface area contributed by atoms with Gasteiger partial charge in [0, 0.05) is 36.9 Å². The number of carbonyl (C=O) groups is 1. The van der Waals surface area contributed by atoms with Gasteiger partial charge < -0.3 is 15.0 Å². The molecule has 0 spiro atoms. The number of likely N-dealkylation sites (N-methyl/N-ethyl adjacent to an activating group) is 1. The van der Waals surface area contributed by atoms with Crippen LogP contribution in [-0.4, -0.2) is 63.3 Å². The molecule has 0 saturated heterocycles. The molecule has 2 N–H and O–H groups in total. The maximum atomic E-state index is 12.8. The third-order valence-corrected chi connectivity index (χ3v) is 6.94. The van der Waals surface area contributed by atoms with Gasteiger partial charge in [-0.3, -0.25) is 9.89 Å². The highest BCUT2D eigenvalue weighted by Crippen LogP contribution is 2.40. The number of fused-ring (bicyclic) bond motifs is 4. The molecule has 1 amide bonds. The standard InChI is InChI=1S/C21H23N7O2S/c1-28(5-6-30-2)21(29)12-3-4-14-16(7-12)31-20-18(14)19(23-11-24-20)26-17-8-13-9-25-27-15(13)10-22-17/h8-12H,3-7H2,1-2H3,(H,25,27)(H,22,23,24,26)/t12-/m0/s1. The Hall–Kier alpha value is -3.11. The number of aromatic nitrogens is 5. The van der Waals surface area contributed by atoms with Gasteiger partial charge in [-0.2, -0.15) is 5.10 Å². The van der Waals surface area contributed by atoms with E-state index in [1.807, 2.05) is 13.1 Å². The van der Waals surface area contributed by atoms with Gasteiger partial charge in [0.15, 0.2) is 0 Å². The van der Waals surface area contributed by atoms with Crippen molar-refractivity contribution in [2.24, 2.45) is 5.92 Å². The third-order valence-electron chi connectivity index (χ3n) is 5.77. The van der Waals surface area contributed by atoms with Crippen molar-refractivity contribution in [3.05, 3.63) is 35.2 Å². The normalized spacial score (nSPS) is 15.9. The smallest absolute Gasteiger partial charge is 0.225 e. The van der Waals surface area contributed by atoms with Gasteiger partial charge in [0.1, 0.15) is 22.8 Å². The van der Waals surface area contributed by atoms with Gasteiger partial charge in [0.2, 0.25) is 5.91 Å². The molecule has 0 bridgehead atoms. The van der Waals surface area contributed by atoms with Crippen LogP contribution in [0.15, 0.2) is 24.8 Å². The van der Waals surface area contributed by atoms with Gasteiger partial charge in [-0.05, 0) is 30.9 Å². The molecule has 5 rings (SSSR count). The number of thiophene rings is 1. The maximum absolute atomic E-state index is 12.8. The monoisotopic (exact) mass is 437 g/mol. The number of hydrogen-bond acceptors (Lipinski definition) is 8. The Bertz CT molecular complexity index is 1250. The lowest BCUT2D eigenvalue weighted by molar-refractivity contribution is -0.135. The van der Waals surface area contributed by atoms with Crippen molar-refractivity contribution in [2.45, 2.75) is 19.3 Å². The van der Waals surface area contributed by atoms with E-state index in [1.54, 1.807) is 42.1 Å². The average molecular weight is 438 g/mol. The summed E-state index contributed by atoms with van der Waals surface area (Å²) >= 11 is 1.66. The first-order chi connectivity index (χ1) is 15.1. The van der Waals surface area contributed by atoms with Crippen LogP contribution in [0.3, 0.4) is 0 Å². The number of anilines is 2. The summed E-state index contributed by atoms with van der Waals surface area (Å²) in [5.41, 5.74) is 2.13. The summed E-state index contributed by atoms with van der Waals surface area (Å²) in [6.07, 6.45) is 7.49. The summed E-state index contributed by atoms with van der Waals surface area (Å²) in [6, 6.07) is 1.94. The zero-order valence-electron chi connectivity index (χ0n) is 17.4. The molecule has 31 heavy (non-hydrogen) atoms. The Balaban J connectivity index is 1.42. The van der Waals surface area contributed by atoms with Crippen molar-refractivity contribution in [2.75, 3.05) is 32.6 Å². The minimum Gasteiger partial charge on any atom is -0.383 e. The number of hydrogen-bond donors (Lipinski definition) is 2. The fourth-order valence-corrected chi connectivity index (χ4v) is 5.37. The second-order valence-corrected chi connectivity index (χ2v) is 8.83. The SMILES string of the molecule is COCCN(C)C(=O)[C@H]1CCc2c(sc3ncnc(Nc4cc5cn[nH]c5cn4)c23)C1. The van der Waals surface area contributed by atoms with Crippen LogP contribution in [0, 0.1) is 5.92 Å². The number of ether oxygens (including phenoxy) is 1. The minimum atomic E-state index is -0.00282. The molecule has 1 atom stereocenters. The maximum Gasteiger partial charge on any atom is 0.225 e. The Labute approximate surface area is 182 Å². The van der Waals surface area contributed by atoms with E-state index in [-0.39, 0.29) is 11.8 Å². The van der Waals surface area contributed by atoms with Gasteiger partial charge in [-0.1, -0.05) is 0 Å². The van der Waals surface area contributed by atoms with Crippen LogP contribution < -0.4 is 5.32 Å². The van der Waals surface area contributed by atoms with E-state index in [9.17, 15) is 4.79 Å². The van der Waals surface area contributed by atoms with Gasteiger partial charge in [0.05, 0.1) is 29.9 Å². The highest BCUT2D eigenvalue weighted by atomic mass is 32.1. The molecule has 9 nitrogen and oxygen atoms in total. The molecule has 1 aliphatic carbocycles. The molecule has 0 saturated carbocycles. The molecule has 4 heterocycles. The van der Waals surface area contributed by atoms with Crippen LogP contribution in [0.1, 0.15) is 16.9 Å². The number of pyridine rings is 1. The number of aryl methyl sites for hydroxylation is 1. The molecule has 4 aromatic heterocycles. The first-order valence-electron chi connectivity index (χ1n) is 10.2. The van der Waals surface area contributed by atoms with Crippen LogP contribution in [0.4, 0.5) is 11.6 Å². The van der Waals surface area contributed by atoms with E-state index < -0.39 is 0 Å². The van der Waals surface area contributed by atoms with Crippen LogP contribution in [-0.2, 0) is 22.4 Å². The highest BCUT2D eigenvalue weighted by Gasteiger charge is 2.30. The number of aromatic amines is 1. The van der Waals surface area contributed by atoms with Crippen molar-refractivity contribution in [1.82, 2.24) is 30.0 Å². The lowest BCUT2D eigenvalue weighted by Crippen LogP contribution is -2.37. The molecule has 0 radical (unpaired) electrons. The molecule has 10 heteroatoms. The Morgan fingerprint density at radius 3 is 3.13 bits per heavy atom. The Morgan fingerprint density at radius 2 is 2.26 bits per heavy atom. The van der Waals surface area contributed by atoms with Crippen molar-refractivity contribution in [3.8, 4) is 0 Å². The van der Waals surface area contributed by atoms with E-state index >= 15 is 0 Å². The predicted molar refractivity (Wildman–Crippen MR) is 120 cm³/mol. The lowest BCUT2D eigenvalue weighted by atomic mass is 9.87. The van der Waals surface area contributed by atoms with Crippen LogP contribution in [0.25, 0.3) is 21.1 Å². The summed E-state index contributed by atoms with van der Waals surface area (Å²) < 4.78 is 5.10. The zero-order chi connectivity index (χ0) is 21.4. The molecule has 0 unspecified atom stereocenters. The van der Waals surface area contributed by atoms with Gasteiger partial charge in [-0.25, -0.2) is 15.0 Å². The molecular formula is C21H23N7O2S. The molecule has 0 fully saturated rings. The topological polar surface area (TPSA) is 109 Å². The van der Waals surface area contributed by atoms with Crippen molar-refractivity contribution in [1.29, 1.82) is 0 Å². The number of amides is 1. The molecule has 4 aromatic rings. The quantitative estimate of drug-likeness (QED) is 0.477. The number of methoxy groups -OCH3 is 1. The van der Waals surface area contributed by atoms with Crippen molar-refractivity contribution < 1.29 is 9.53 Å². The van der Waals surface area contributed by atoms with Gasteiger partial charge in [0.25, 0.3) is 0 Å². The Kier molecular flexibility index (Phi) is 5.24. The first-order valence-corrected chi connectivity index (χ1v) is 11.0. The highest BCUT2D eigenvalue weighted by molar-refractivity contribution is 7.19. The van der Waals surface area contributed by atoms with E-state index in [0.29, 0.717) is 19.0 Å². The lowest BCUT2D eigenvalue weighted by Gasteiger charge is -2.26. The second kappa shape index (κ2) is 8.20. The zero-order valence-corrected chi connectivity index (χ0v) is 18.2. The van der Waals surface area contributed by atoms with Gasteiger partial charge in [-0.15, -0.1) is 11.3 Å². The summed E-state index contributed by atoms with van der Waals surface area (Å²) in [5, 5.41) is 12.3. The van der Waals surface area contributed by atoms with E-state index in [4.69, 9.17) is 4.74 Å². The molecule has 1 aliphatic rings. The molecule has 0 aliphatic heterocycles. The van der Waals surface area contributed by atoms with Gasteiger partial charge >= 0.3 is 0 Å². The molecule has 160 valence electrons. The van der Waals surface area contributed by atoms with Crippen LogP contribution >= 0.6 is 11.3 Å². The number of nitrogens with zero attached hydrogens (tertiary/aromatic N) is 5. The number of H-pyrrole nitrogens is 1. The number of carbonyl (C=O) groups excluding carboxylic acids is 1. The fourth-order valence-electron chi connectivity index (χ4n) is 4.10. The van der Waals surface area contributed by atoms with Crippen molar-refractivity contribution in [3.63, 3.8) is 0 Å². The van der Waals surface area contributed by atoms with E-state index in [2.05, 4.69) is 30.5 Å². The molecule has 0 aromatic carbocycles. The summed E-state index contributed by atoms with van der Waals surface area (Å²) in [4.78, 5) is 30.2. The summed E-state index contributed by atoms with van der Waals surface area (Å²) in [6.45, 7) is 1.16. The van der Waals surface area contributed by atoms with Crippen LogP contribution in [0.5, 0.6) is 0 Å². The largest absolute Gasteiger partial charge is 0.383 e. The van der Waals surface area contributed by atoms with E-state index in [1.165, 1.54) is 10.4 Å². The fraction of sp³-hybridized carbons (Fsp3) is 0.381. The van der Waals surface area contributed by atoms with E-state index in [0.717, 1.165) is 46.2 Å². The number of nitrogens with one attached hydrogen (secondary N) is 2. The minimum absolute atomic E-state index is 0.00282. The first kappa shape index (κ1) is 19.8. The second-order valence-electron chi connectivity index (χ2n) is 7.75. The summed E-state index contributed by atoms with van der Waals surface area (Å²) in [5.74, 6) is 1.64. The molecular weight excluding hydrogens is 414 g/mol. The Morgan fingerprint density at radius 1 is 1.35 bits per heavy atom. The third kappa shape index (κ3) is 3.72. The number of rotatable bonds is 6. The average Bonchev–Trinajstić information content (AvgIpc) is 3.40.